The fourth-order valence-corrected chi connectivity index (χ4v) is 4.07. The van der Waals surface area contributed by atoms with Crippen LogP contribution in [0.2, 0.25) is 0 Å². The fourth-order valence-electron chi connectivity index (χ4n) is 4.07. The molecule has 2 aromatic rings. The molecule has 1 saturated carbocycles. The van der Waals surface area contributed by atoms with E-state index in [0.29, 0.717) is 11.6 Å². The van der Waals surface area contributed by atoms with Gasteiger partial charge in [-0.1, -0.05) is 0 Å². The van der Waals surface area contributed by atoms with Gasteiger partial charge in [0, 0.05) is 43.6 Å². The van der Waals surface area contributed by atoms with E-state index in [2.05, 4.69) is 31.6 Å². The van der Waals surface area contributed by atoms with E-state index in [1.54, 1.807) is 12.4 Å². The molecule has 0 radical (unpaired) electrons. The molecule has 0 spiro atoms. The van der Waals surface area contributed by atoms with E-state index in [0.717, 1.165) is 48.7 Å². The first kappa shape index (κ1) is 16.2. The van der Waals surface area contributed by atoms with E-state index in [4.69, 9.17) is 5.26 Å². The summed E-state index contributed by atoms with van der Waals surface area (Å²) in [6, 6.07) is 8.95. The van der Waals surface area contributed by atoms with Crippen LogP contribution in [0.5, 0.6) is 0 Å². The van der Waals surface area contributed by atoms with Crippen LogP contribution in [-0.2, 0) is 0 Å². The van der Waals surface area contributed by atoms with Crippen LogP contribution < -0.4 is 10.6 Å². The molecule has 1 aliphatic heterocycles. The van der Waals surface area contributed by atoms with Crippen molar-refractivity contribution in [2.45, 2.75) is 37.8 Å². The lowest BCUT2D eigenvalue weighted by molar-refractivity contribution is 0.135. The maximum absolute atomic E-state index is 9.14. The lowest BCUT2D eigenvalue weighted by atomic mass is 9.89. The van der Waals surface area contributed by atoms with Crippen molar-refractivity contribution in [1.29, 1.82) is 5.26 Å². The molecule has 25 heavy (non-hydrogen) atoms. The summed E-state index contributed by atoms with van der Waals surface area (Å²) in [6.07, 6.45) is 6.41. The summed E-state index contributed by atoms with van der Waals surface area (Å²) < 4.78 is 0. The van der Waals surface area contributed by atoms with E-state index >= 15 is 0 Å². The lowest BCUT2D eigenvalue weighted by Gasteiger charge is -2.39. The summed E-state index contributed by atoms with van der Waals surface area (Å²) >= 11 is 0. The molecule has 2 heterocycles. The summed E-state index contributed by atoms with van der Waals surface area (Å²) in [5.74, 6) is 0.854. The number of piperazine rings is 1. The Bertz CT molecular complexity index is 769. The monoisotopic (exact) mass is 336 g/mol. The number of anilines is 1. The average molecular weight is 336 g/mol. The lowest BCUT2D eigenvalue weighted by Crippen LogP contribution is -2.50. The largest absolute Gasteiger partial charge is 0.367 e. The Hall–Kier alpha value is -2.23. The molecular weight excluding hydrogens is 312 g/mol. The van der Waals surface area contributed by atoms with E-state index in [1.165, 1.54) is 25.9 Å². The van der Waals surface area contributed by atoms with Gasteiger partial charge in [0.1, 0.15) is 12.1 Å². The third-order valence-electron chi connectivity index (χ3n) is 5.47. The van der Waals surface area contributed by atoms with Crippen LogP contribution in [0.3, 0.4) is 0 Å². The first-order valence-corrected chi connectivity index (χ1v) is 9.19. The molecule has 0 atom stereocenters. The second-order valence-electron chi connectivity index (χ2n) is 7.00. The Balaban J connectivity index is 1.43. The molecule has 4 rings (SSSR count). The number of nitrogens with zero attached hydrogens (tertiary/aromatic N) is 4. The number of nitriles is 1. The van der Waals surface area contributed by atoms with Gasteiger partial charge in [0.15, 0.2) is 0 Å². The Kier molecular flexibility index (Phi) is 4.77. The predicted octanol–water partition coefficient (Wildman–Crippen LogP) is 2.13. The fraction of sp³-hybridized carbons (Fsp3) is 0.526. The maximum atomic E-state index is 9.14. The highest BCUT2D eigenvalue weighted by Crippen LogP contribution is 2.28. The van der Waals surface area contributed by atoms with Gasteiger partial charge >= 0.3 is 0 Å². The smallest absolute Gasteiger partial charge is 0.137 e. The highest BCUT2D eigenvalue weighted by Gasteiger charge is 2.27. The molecule has 1 aromatic carbocycles. The van der Waals surface area contributed by atoms with Gasteiger partial charge in [0.2, 0.25) is 0 Å². The number of benzene rings is 1. The van der Waals surface area contributed by atoms with Crippen molar-refractivity contribution in [3.63, 3.8) is 0 Å². The third kappa shape index (κ3) is 3.58. The minimum Gasteiger partial charge on any atom is -0.367 e. The summed E-state index contributed by atoms with van der Waals surface area (Å²) in [5, 5.41) is 17.1. The van der Waals surface area contributed by atoms with Crippen molar-refractivity contribution in [3.8, 4) is 6.07 Å². The van der Waals surface area contributed by atoms with Crippen LogP contribution in [0.1, 0.15) is 31.2 Å². The quantitative estimate of drug-likeness (QED) is 0.894. The summed E-state index contributed by atoms with van der Waals surface area (Å²) in [4.78, 5) is 11.4. The molecule has 1 saturated heterocycles. The summed E-state index contributed by atoms with van der Waals surface area (Å²) in [7, 11) is 0. The average Bonchev–Trinajstić information content (AvgIpc) is 2.69. The van der Waals surface area contributed by atoms with Crippen molar-refractivity contribution in [1.82, 2.24) is 20.2 Å². The second kappa shape index (κ2) is 7.34. The van der Waals surface area contributed by atoms with E-state index in [1.807, 2.05) is 12.1 Å². The minimum atomic E-state index is 0.447. The van der Waals surface area contributed by atoms with Crippen LogP contribution in [0.4, 0.5) is 5.82 Å². The van der Waals surface area contributed by atoms with Gasteiger partial charge < -0.3 is 10.6 Å². The van der Waals surface area contributed by atoms with Crippen molar-refractivity contribution < 1.29 is 0 Å². The Labute approximate surface area is 148 Å². The zero-order chi connectivity index (χ0) is 17.1. The zero-order valence-electron chi connectivity index (χ0n) is 14.4. The minimum absolute atomic E-state index is 0.447. The molecule has 1 aliphatic carbocycles. The van der Waals surface area contributed by atoms with Gasteiger partial charge in [-0.15, -0.1) is 0 Å². The van der Waals surface area contributed by atoms with Crippen molar-refractivity contribution in [2.24, 2.45) is 0 Å². The number of rotatable bonds is 3. The first-order valence-electron chi connectivity index (χ1n) is 9.19. The standard InChI is InChI=1S/C19H24N6/c20-12-14-1-6-18-17(11-14)19(23-13-22-18)24-15-2-4-16(5-3-15)25-9-7-21-8-10-25/h1,6,11,13,15-16,21H,2-5,7-10H2,(H,22,23,24)/t15-,16-. The van der Waals surface area contributed by atoms with Crippen LogP contribution in [-0.4, -0.2) is 53.1 Å². The van der Waals surface area contributed by atoms with E-state index in [-0.39, 0.29) is 0 Å². The topological polar surface area (TPSA) is 76.9 Å². The highest BCUT2D eigenvalue weighted by molar-refractivity contribution is 5.89. The maximum Gasteiger partial charge on any atom is 0.137 e. The number of hydrogen-bond acceptors (Lipinski definition) is 6. The van der Waals surface area contributed by atoms with Gasteiger partial charge in [0.05, 0.1) is 17.1 Å². The number of hydrogen-bond donors (Lipinski definition) is 2. The van der Waals surface area contributed by atoms with Crippen molar-refractivity contribution in [3.05, 3.63) is 30.1 Å². The van der Waals surface area contributed by atoms with E-state index in [9.17, 15) is 0 Å². The second-order valence-corrected chi connectivity index (χ2v) is 7.00. The van der Waals surface area contributed by atoms with Gasteiger partial charge in [-0.05, 0) is 43.9 Å². The van der Waals surface area contributed by atoms with Gasteiger partial charge in [0.25, 0.3) is 0 Å². The molecule has 1 aromatic heterocycles. The van der Waals surface area contributed by atoms with Gasteiger partial charge in [-0.2, -0.15) is 5.26 Å². The molecule has 2 fully saturated rings. The van der Waals surface area contributed by atoms with Crippen molar-refractivity contribution >= 4 is 16.7 Å². The van der Waals surface area contributed by atoms with Gasteiger partial charge in [-0.25, -0.2) is 9.97 Å². The number of fused-ring (bicyclic) bond motifs is 1. The van der Waals surface area contributed by atoms with Gasteiger partial charge in [-0.3, -0.25) is 4.90 Å². The number of aromatic nitrogens is 2. The highest BCUT2D eigenvalue weighted by atomic mass is 15.2. The molecule has 2 aliphatic rings. The summed E-state index contributed by atoms with van der Waals surface area (Å²) in [6.45, 7) is 4.59. The molecule has 6 heteroatoms. The molecular formula is C19H24N6. The van der Waals surface area contributed by atoms with E-state index < -0.39 is 0 Å². The third-order valence-corrected chi connectivity index (χ3v) is 5.47. The summed E-state index contributed by atoms with van der Waals surface area (Å²) in [5.41, 5.74) is 1.53. The van der Waals surface area contributed by atoms with Crippen LogP contribution in [0.25, 0.3) is 10.9 Å². The van der Waals surface area contributed by atoms with Crippen LogP contribution in [0, 0.1) is 11.3 Å². The molecule has 0 bridgehead atoms. The predicted molar refractivity (Wildman–Crippen MR) is 98.4 cm³/mol. The molecule has 6 nitrogen and oxygen atoms in total. The number of nitrogens with one attached hydrogen (secondary N) is 2. The first-order chi connectivity index (χ1) is 12.3. The Morgan fingerprint density at radius 3 is 2.68 bits per heavy atom. The Morgan fingerprint density at radius 1 is 1.12 bits per heavy atom. The van der Waals surface area contributed by atoms with Crippen molar-refractivity contribution in [2.75, 3.05) is 31.5 Å². The Morgan fingerprint density at radius 2 is 1.92 bits per heavy atom. The molecule has 130 valence electrons. The molecule has 2 N–H and O–H groups in total. The zero-order valence-corrected chi connectivity index (χ0v) is 14.4. The molecule has 0 unspecified atom stereocenters. The van der Waals surface area contributed by atoms with Crippen LogP contribution in [0.15, 0.2) is 24.5 Å². The molecule has 0 amide bonds. The normalized spacial score (nSPS) is 24.8. The van der Waals surface area contributed by atoms with Crippen LogP contribution >= 0.6 is 0 Å². The SMILES string of the molecule is N#Cc1ccc2ncnc(N[C@H]3CC[C@H](N4CCNCC4)CC3)c2c1.